The maximum absolute atomic E-state index is 2.39. The zero-order valence-electron chi connectivity index (χ0n) is 28.0. The number of hydrogen-bond donors (Lipinski definition) is 0. The first-order chi connectivity index (χ1) is 25.3. The molecular weight excluding hydrogens is 615 g/mol. The van der Waals surface area contributed by atoms with Crippen molar-refractivity contribution < 1.29 is 0 Å². The summed E-state index contributed by atoms with van der Waals surface area (Å²) in [7, 11) is 0. The fourth-order valence-corrected chi connectivity index (χ4v) is 7.84. The minimum atomic E-state index is 1.11. The van der Waals surface area contributed by atoms with Crippen LogP contribution in [0, 0.1) is 0 Å². The Hall–Kier alpha value is -6.70. The van der Waals surface area contributed by atoms with Gasteiger partial charge in [-0.05, 0) is 119 Å². The van der Waals surface area contributed by atoms with Gasteiger partial charge in [-0.15, -0.1) is 0 Å². The van der Waals surface area contributed by atoms with Crippen molar-refractivity contribution in [1.29, 1.82) is 0 Å². The van der Waals surface area contributed by atoms with E-state index >= 15 is 0 Å². The molecule has 238 valence electrons. The number of fused-ring (bicyclic) bond motifs is 8. The van der Waals surface area contributed by atoms with E-state index in [1.807, 2.05) is 0 Å². The lowest BCUT2D eigenvalue weighted by molar-refractivity contribution is 1.29. The zero-order valence-corrected chi connectivity index (χ0v) is 28.0. The third-order valence-corrected chi connectivity index (χ3v) is 10.4. The predicted molar refractivity (Wildman–Crippen MR) is 220 cm³/mol. The van der Waals surface area contributed by atoms with Crippen LogP contribution in [-0.4, -0.2) is 0 Å². The monoisotopic (exact) mass is 647 g/mol. The van der Waals surface area contributed by atoms with E-state index in [4.69, 9.17) is 0 Å². The molecule has 0 bridgehead atoms. The van der Waals surface area contributed by atoms with Crippen LogP contribution in [0.3, 0.4) is 0 Å². The molecule has 0 radical (unpaired) electrons. The van der Waals surface area contributed by atoms with E-state index in [-0.39, 0.29) is 0 Å². The first-order valence-electron chi connectivity index (χ1n) is 17.6. The summed E-state index contributed by atoms with van der Waals surface area (Å²) in [5, 5.41) is 12.7. The van der Waals surface area contributed by atoms with Crippen molar-refractivity contribution in [3.05, 3.63) is 200 Å². The maximum atomic E-state index is 2.39. The fraction of sp³-hybridized carbons (Fsp3) is 0. The molecule has 0 atom stereocenters. The first-order valence-corrected chi connectivity index (χ1v) is 17.6. The molecule has 0 heterocycles. The molecule has 0 aliphatic heterocycles. The minimum absolute atomic E-state index is 1.11. The molecule has 0 aromatic heterocycles. The second kappa shape index (κ2) is 12.0. The van der Waals surface area contributed by atoms with Crippen LogP contribution >= 0.6 is 0 Å². The Balaban J connectivity index is 1.12. The number of nitrogens with zero attached hydrogens (tertiary/aromatic N) is 1. The molecule has 0 spiro atoms. The molecule has 0 aliphatic rings. The molecular formula is C50H33N. The van der Waals surface area contributed by atoms with Gasteiger partial charge in [0.1, 0.15) is 0 Å². The first kappa shape index (κ1) is 29.2. The Kier molecular flexibility index (Phi) is 6.89. The summed E-state index contributed by atoms with van der Waals surface area (Å²) in [6.45, 7) is 0. The molecule has 0 amide bonds. The molecule has 10 rings (SSSR count). The normalized spacial score (nSPS) is 11.5. The van der Waals surface area contributed by atoms with Crippen LogP contribution < -0.4 is 4.90 Å². The highest BCUT2D eigenvalue weighted by Gasteiger charge is 2.16. The average molecular weight is 648 g/mol. The van der Waals surface area contributed by atoms with Crippen LogP contribution in [0.15, 0.2) is 200 Å². The third-order valence-electron chi connectivity index (χ3n) is 10.4. The lowest BCUT2D eigenvalue weighted by Crippen LogP contribution is -2.10. The van der Waals surface area contributed by atoms with Crippen LogP contribution in [0.4, 0.5) is 17.1 Å². The van der Waals surface area contributed by atoms with Gasteiger partial charge in [0, 0.05) is 17.1 Å². The summed E-state index contributed by atoms with van der Waals surface area (Å²) >= 11 is 0. The summed E-state index contributed by atoms with van der Waals surface area (Å²) in [5.74, 6) is 0. The average Bonchev–Trinajstić information content (AvgIpc) is 3.21. The van der Waals surface area contributed by atoms with Crippen molar-refractivity contribution in [2.24, 2.45) is 0 Å². The Morgan fingerprint density at radius 3 is 1.51 bits per heavy atom. The second-order valence-electron chi connectivity index (χ2n) is 13.4. The van der Waals surface area contributed by atoms with Crippen molar-refractivity contribution >= 4 is 70.9 Å². The molecule has 0 saturated carbocycles. The Labute approximate surface area is 297 Å². The van der Waals surface area contributed by atoms with Crippen molar-refractivity contribution in [3.63, 3.8) is 0 Å². The van der Waals surface area contributed by atoms with Crippen LogP contribution in [0.2, 0.25) is 0 Å². The van der Waals surface area contributed by atoms with E-state index in [2.05, 4.69) is 205 Å². The summed E-state index contributed by atoms with van der Waals surface area (Å²) in [4.78, 5) is 2.39. The van der Waals surface area contributed by atoms with Crippen molar-refractivity contribution in [2.75, 3.05) is 4.90 Å². The maximum Gasteiger partial charge on any atom is 0.0468 e. The van der Waals surface area contributed by atoms with E-state index in [0.717, 1.165) is 17.1 Å². The molecule has 0 N–H and O–H groups in total. The van der Waals surface area contributed by atoms with Gasteiger partial charge in [0.15, 0.2) is 0 Å². The van der Waals surface area contributed by atoms with Gasteiger partial charge in [-0.25, -0.2) is 0 Å². The molecule has 0 unspecified atom stereocenters. The summed E-state index contributed by atoms with van der Waals surface area (Å²) in [6, 6.07) is 73.1. The molecule has 1 heteroatoms. The molecule has 0 saturated heterocycles. The highest BCUT2D eigenvalue weighted by atomic mass is 15.1. The molecule has 51 heavy (non-hydrogen) atoms. The SMILES string of the molecule is c1ccc(-c2cccc(N(c3ccc(-c4ccc5ccc6ccc7ccccc7c6c5c4)cc3)c3ccc4ccc5ccccc5c4c3)c2)cc1. The van der Waals surface area contributed by atoms with E-state index in [0.29, 0.717) is 0 Å². The highest BCUT2D eigenvalue weighted by molar-refractivity contribution is 6.20. The topological polar surface area (TPSA) is 3.24 Å². The Morgan fingerprint density at radius 2 is 0.725 bits per heavy atom. The van der Waals surface area contributed by atoms with E-state index in [1.165, 1.54) is 76.1 Å². The highest BCUT2D eigenvalue weighted by Crippen LogP contribution is 2.40. The van der Waals surface area contributed by atoms with Gasteiger partial charge in [0.2, 0.25) is 0 Å². The van der Waals surface area contributed by atoms with Crippen molar-refractivity contribution in [3.8, 4) is 22.3 Å². The lowest BCUT2D eigenvalue weighted by Gasteiger charge is -2.27. The zero-order chi connectivity index (χ0) is 33.7. The Bertz CT molecular complexity index is 2900. The van der Waals surface area contributed by atoms with E-state index in [9.17, 15) is 0 Å². The van der Waals surface area contributed by atoms with Gasteiger partial charge in [0.25, 0.3) is 0 Å². The van der Waals surface area contributed by atoms with E-state index < -0.39 is 0 Å². The van der Waals surface area contributed by atoms with Crippen LogP contribution in [0.1, 0.15) is 0 Å². The third kappa shape index (κ3) is 5.10. The lowest BCUT2D eigenvalue weighted by atomic mass is 9.94. The summed E-state index contributed by atoms with van der Waals surface area (Å²) in [6.07, 6.45) is 0. The van der Waals surface area contributed by atoms with Crippen molar-refractivity contribution in [2.45, 2.75) is 0 Å². The van der Waals surface area contributed by atoms with Crippen LogP contribution in [0.5, 0.6) is 0 Å². The van der Waals surface area contributed by atoms with Gasteiger partial charge in [-0.1, -0.05) is 158 Å². The largest absolute Gasteiger partial charge is 0.310 e. The molecule has 0 fully saturated rings. The molecule has 0 aliphatic carbocycles. The van der Waals surface area contributed by atoms with Gasteiger partial charge in [-0.2, -0.15) is 0 Å². The van der Waals surface area contributed by atoms with Crippen LogP contribution in [0.25, 0.3) is 76.1 Å². The number of rotatable bonds is 5. The quantitative estimate of drug-likeness (QED) is 0.168. The molecule has 10 aromatic carbocycles. The van der Waals surface area contributed by atoms with Gasteiger partial charge in [-0.3, -0.25) is 0 Å². The number of anilines is 3. The van der Waals surface area contributed by atoms with Crippen LogP contribution in [-0.2, 0) is 0 Å². The van der Waals surface area contributed by atoms with Gasteiger partial charge in [0.05, 0.1) is 0 Å². The Morgan fingerprint density at radius 1 is 0.235 bits per heavy atom. The molecule has 1 nitrogen and oxygen atoms in total. The standard InChI is InChI=1S/C50H33N/c1-2-9-34(10-3-1)41-13-8-14-44(31-41)51(45-30-27-38-18-17-36-11-4-6-15-46(36)48(38)33-45)43-28-25-35(26-29-43)42-24-21-39-20-23-40-22-19-37-12-5-7-16-47(37)50(40)49(39)32-42/h1-33H. The minimum Gasteiger partial charge on any atom is -0.310 e. The van der Waals surface area contributed by atoms with Gasteiger partial charge < -0.3 is 4.90 Å². The summed E-state index contributed by atoms with van der Waals surface area (Å²) in [5.41, 5.74) is 8.16. The predicted octanol–water partition coefficient (Wildman–Crippen LogP) is 14.3. The van der Waals surface area contributed by atoms with Crippen molar-refractivity contribution in [1.82, 2.24) is 0 Å². The number of hydrogen-bond acceptors (Lipinski definition) is 1. The smallest absolute Gasteiger partial charge is 0.0468 e. The second-order valence-corrected chi connectivity index (χ2v) is 13.4. The van der Waals surface area contributed by atoms with Gasteiger partial charge >= 0.3 is 0 Å². The van der Waals surface area contributed by atoms with E-state index in [1.54, 1.807) is 0 Å². The molecule has 10 aromatic rings. The fourth-order valence-electron chi connectivity index (χ4n) is 7.84. The summed E-state index contributed by atoms with van der Waals surface area (Å²) < 4.78 is 0. The number of benzene rings is 10.